The number of halogens is 2. The van der Waals surface area contributed by atoms with Crippen LogP contribution in [0.15, 0.2) is 24.3 Å². The van der Waals surface area contributed by atoms with E-state index >= 15 is 0 Å². The van der Waals surface area contributed by atoms with Gasteiger partial charge in [-0.3, -0.25) is 4.79 Å². The number of rotatable bonds is 7. The number of carbonyl (C=O) groups is 1. The summed E-state index contributed by atoms with van der Waals surface area (Å²) >= 11 is 5.82. The molecule has 0 spiro atoms. The van der Waals surface area contributed by atoms with E-state index in [1.54, 1.807) is 24.3 Å². The summed E-state index contributed by atoms with van der Waals surface area (Å²) in [7, 11) is 0. The van der Waals surface area contributed by atoms with E-state index in [1.807, 2.05) is 13.8 Å². The maximum absolute atomic E-state index is 11.9. The van der Waals surface area contributed by atoms with Crippen LogP contribution in [0.25, 0.3) is 0 Å². The molecule has 0 aliphatic heterocycles. The summed E-state index contributed by atoms with van der Waals surface area (Å²) in [5.41, 5.74) is 0.689. The zero-order valence-electron chi connectivity index (χ0n) is 11.8. The molecule has 0 bridgehead atoms. The summed E-state index contributed by atoms with van der Waals surface area (Å²) in [6, 6.07) is 6.94. The molecular weight excluding hydrogens is 356 g/mol. The molecule has 1 aromatic carbocycles. The monoisotopic (exact) mass is 372 g/mol. The van der Waals surface area contributed by atoms with Gasteiger partial charge in [0.25, 0.3) is 0 Å². The normalized spacial score (nSPS) is 9.15. The minimum atomic E-state index is -0.423. The molecule has 0 aliphatic carbocycles. The Balaban J connectivity index is 0. The second kappa shape index (κ2) is 12.8. The molecule has 1 aromatic rings. The van der Waals surface area contributed by atoms with E-state index in [-0.39, 0.29) is 46.1 Å². The Labute approximate surface area is 152 Å². The molecule has 0 amide bonds. The van der Waals surface area contributed by atoms with Crippen LogP contribution in [0.3, 0.4) is 0 Å². The number of hydrogen-bond donors (Lipinski definition) is 0. The van der Waals surface area contributed by atoms with Gasteiger partial charge >= 0.3 is 29.0 Å². The number of carbonyl (C=O) groups excluding carboxylic acids is 1. The van der Waals surface area contributed by atoms with E-state index in [1.165, 1.54) is 0 Å². The fourth-order valence-corrected chi connectivity index (χ4v) is 1.45. The second-order valence-electron chi connectivity index (χ2n) is 3.82. The Morgan fingerprint density at radius 1 is 1.15 bits per heavy atom. The van der Waals surface area contributed by atoms with Crippen molar-refractivity contribution < 1.29 is 31.2 Å². The molecule has 0 aromatic heterocycles. The first-order valence-electron chi connectivity index (χ1n) is 6.11. The molecule has 20 heavy (non-hydrogen) atoms. The number of hydrogen-bond acceptors (Lipinski definition) is 3. The molecular formula is C14H18BrClMgO3. The van der Waals surface area contributed by atoms with E-state index in [9.17, 15) is 4.79 Å². The molecule has 0 saturated carbocycles. The number of benzene rings is 1. The molecule has 3 nitrogen and oxygen atoms in total. The van der Waals surface area contributed by atoms with Crippen LogP contribution in [0, 0.1) is 6.10 Å². The minimum absolute atomic E-state index is 0. The van der Waals surface area contributed by atoms with Gasteiger partial charge in [-0.25, -0.2) is 0 Å². The van der Waals surface area contributed by atoms with Crippen LogP contribution in [-0.2, 0) is 14.3 Å². The number of esters is 1. The van der Waals surface area contributed by atoms with Crippen LogP contribution in [-0.4, -0.2) is 42.2 Å². The summed E-state index contributed by atoms with van der Waals surface area (Å²) in [5.74, 6) is -0.423. The smallest absolute Gasteiger partial charge is 1.00 e. The molecule has 108 valence electrons. The minimum Gasteiger partial charge on any atom is -1.00 e. The first-order chi connectivity index (χ1) is 8.69. The van der Waals surface area contributed by atoms with Crippen LogP contribution >= 0.6 is 11.6 Å². The van der Waals surface area contributed by atoms with Gasteiger partial charge in [-0.15, -0.1) is 0 Å². The molecule has 0 radical (unpaired) electrons. The summed E-state index contributed by atoms with van der Waals surface area (Å²) in [4.78, 5) is 11.9. The fourth-order valence-electron chi connectivity index (χ4n) is 1.33. The van der Waals surface area contributed by atoms with Gasteiger partial charge in [0.2, 0.25) is 0 Å². The van der Waals surface area contributed by atoms with Crippen molar-refractivity contribution in [3.8, 4) is 0 Å². The largest absolute Gasteiger partial charge is 2.00 e. The zero-order valence-corrected chi connectivity index (χ0v) is 15.6. The molecule has 0 atom stereocenters. The first kappa shape index (κ1) is 22.3. The van der Waals surface area contributed by atoms with Crippen molar-refractivity contribution in [2.75, 3.05) is 13.2 Å². The van der Waals surface area contributed by atoms with Gasteiger partial charge in [0.15, 0.2) is 0 Å². The fraction of sp³-hybridized carbons (Fsp3) is 0.429. The molecule has 0 N–H and O–H groups in total. The molecule has 0 aliphatic rings. The van der Waals surface area contributed by atoms with Gasteiger partial charge in [0, 0.05) is 11.6 Å². The molecule has 0 fully saturated rings. The topological polar surface area (TPSA) is 35.5 Å². The average molecular weight is 374 g/mol. The van der Waals surface area contributed by atoms with Crippen LogP contribution < -0.4 is 17.0 Å². The summed E-state index contributed by atoms with van der Waals surface area (Å²) in [6.45, 7) is 4.81. The van der Waals surface area contributed by atoms with Crippen molar-refractivity contribution >= 4 is 40.6 Å². The molecule has 0 saturated heterocycles. The van der Waals surface area contributed by atoms with Gasteiger partial charge in [0.05, 0.1) is 12.7 Å². The Bertz CT molecular complexity index is 373. The Kier molecular flexibility index (Phi) is 14.3. The third-order valence-electron chi connectivity index (χ3n) is 2.18. The summed E-state index contributed by atoms with van der Waals surface area (Å²) in [5, 5.41) is 0.621. The van der Waals surface area contributed by atoms with Crippen molar-refractivity contribution in [3.05, 3.63) is 41.0 Å². The third kappa shape index (κ3) is 7.74. The average Bonchev–Trinajstić information content (AvgIpc) is 2.38. The van der Waals surface area contributed by atoms with Crippen molar-refractivity contribution in [2.24, 2.45) is 0 Å². The van der Waals surface area contributed by atoms with Crippen molar-refractivity contribution in [1.29, 1.82) is 0 Å². The standard InChI is InChI=1S/C14H18ClO3.BrH.Mg/c1-3-9-17-13(14(16)18-10-4-2)11-5-7-12(15)8-6-11;;/h5-8H,3-4,9-10H2,1-2H3;1H;/q-1;;+2/p-1. The van der Waals surface area contributed by atoms with E-state index in [2.05, 4.69) is 0 Å². The van der Waals surface area contributed by atoms with Crippen LogP contribution in [0.4, 0.5) is 0 Å². The van der Waals surface area contributed by atoms with E-state index in [0.717, 1.165) is 12.8 Å². The van der Waals surface area contributed by atoms with E-state index in [4.69, 9.17) is 21.1 Å². The van der Waals surface area contributed by atoms with Gasteiger partial charge in [-0.05, 0) is 12.8 Å². The van der Waals surface area contributed by atoms with Crippen molar-refractivity contribution in [3.63, 3.8) is 0 Å². The van der Waals surface area contributed by atoms with Crippen molar-refractivity contribution in [2.45, 2.75) is 26.7 Å². The first-order valence-corrected chi connectivity index (χ1v) is 6.49. The summed E-state index contributed by atoms with van der Waals surface area (Å²) in [6.07, 6.45) is 1.87. The maximum atomic E-state index is 11.9. The van der Waals surface area contributed by atoms with Gasteiger partial charge < -0.3 is 26.5 Å². The molecule has 1 rings (SSSR count). The van der Waals surface area contributed by atoms with Gasteiger partial charge in [-0.1, -0.05) is 37.6 Å². The van der Waals surface area contributed by atoms with Gasteiger partial charge in [-0.2, -0.15) is 17.7 Å². The Hall–Kier alpha value is 0.0562. The maximum Gasteiger partial charge on any atom is 2.00 e. The zero-order chi connectivity index (χ0) is 13.4. The van der Waals surface area contributed by atoms with Gasteiger partial charge in [0.1, 0.15) is 0 Å². The van der Waals surface area contributed by atoms with Crippen LogP contribution in [0.5, 0.6) is 0 Å². The number of ether oxygens (including phenoxy) is 2. The Morgan fingerprint density at radius 2 is 1.70 bits per heavy atom. The molecule has 0 unspecified atom stereocenters. The predicted octanol–water partition coefficient (Wildman–Crippen LogP) is 0.223. The second-order valence-corrected chi connectivity index (χ2v) is 4.26. The quantitative estimate of drug-likeness (QED) is 0.390. The van der Waals surface area contributed by atoms with Crippen LogP contribution in [0.1, 0.15) is 32.3 Å². The molecule has 6 heteroatoms. The third-order valence-corrected chi connectivity index (χ3v) is 2.43. The predicted molar refractivity (Wildman–Crippen MR) is 77.0 cm³/mol. The molecule has 0 heterocycles. The SMILES string of the molecule is CCCOC(=O)[C-](OCCC)c1ccc(Cl)cc1.[Br-].[Mg+2]. The van der Waals surface area contributed by atoms with Crippen molar-refractivity contribution in [1.82, 2.24) is 0 Å². The van der Waals surface area contributed by atoms with Crippen LogP contribution in [0.2, 0.25) is 5.02 Å². The van der Waals surface area contributed by atoms with E-state index < -0.39 is 5.97 Å². The Morgan fingerprint density at radius 3 is 2.20 bits per heavy atom. The van der Waals surface area contributed by atoms with E-state index in [0.29, 0.717) is 23.8 Å². The summed E-state index contributed by atoms with van der Waals surface area (Å²) < 4.78 is 10.6.